The van der Waals surface area contributed by atoms with Crippen LogP contribution in [0.4, 0.5) is 5.82 Å². The predicted molar refractivity (Wildman–Crippen MR) is 87.5 cm³/mol. The molecule has 1 aliphatic heterocycles. The van der Waals surface area contributed by atoms with Gasteiger partial charge in [0.1, 0.15) is 0 Å². The lowest BCUT2D eigenvalue weighted by atomic mass is 10.0. The average Bonchev–Trinajstić information content (AvgIpc) is 3.02. The number of halogens is 1. The molecule has 1 atom stereocenters. The van der Waals surface area contributed by atoms with Crippen molar-refractivity contribution in [2.24, 2.45) is 0 Å². The standard InChI is InChI=1S/C15H18ClN5O2/c16-13-3-1-2-12(10-13)14-11-17-5-7-19(14)8-9-20-6-4-15(18-20)21(22)23/h1-4,6,10,14,17H,5,7-9,11H2. The monoisotopic (exact) mass is 335 g/mol. The SMILES string of the molecule is O=[N+]([O-])c1ccn(CCN2CCNCC2c2cccc(Cl)c2)n1. The smallest absolute Gasteiger partial charge is 0.358 e. The summed E-state index contributed by atoms with van der Waals surface area (Å²) < 4.78 is 1.62. The van der Waals surface area contributed by atoms with Gasteiger partial charge in [0.2, 0.25) is 0 Å². The van der Waals surface area contributed by atoms with E-state index in [2.05, 4.69) is 21.4 Å². The molecular weight excluding hydrogens is 318 g/mol. The van der Waals surface area contributed by atoms with Crippen molar-refractivity contribution < 1.29 is 4.92 Å². The first kappa shape index (κ1) is 15.9. The molecule has 8 heteroatoms. The highest BCUT2D eigenvalue weighted by Gasteiger charge is 2.24. The summed E-state index contributed by atoms with van der Waals surface area (Å²) >= 11 is 6.10. The van der Waals surface area contributed by atoms with Gasteiger partial charge in [-0.1, -0.05) is 23.7 Å². The zero-order chi connectivity index (χ0) is 16.2. The Kier molecular flexibility index (Phi) is 4.90. The van der Waals surface area contributed by atoms with E-state index < -0.39 is 4.92 Å². The van der Waals surface area contributed by atoms with Crippen LogP contribution in [0.1, 0.15) is 11.6 Å². The predicted octanol–water partition coefficient (Wildman–Crippen LogP) is 2.09. The number of nitro groups is 1. The number of rotatable bonds is 5. The quantitative estimate of drug-likeness (QED) is 0.669. The van der Waals surface area contributed by atoms with Crippen LogP contribution in [0.15, 0.2) is 36.5 Å². The minimum Gasteiger partial charge on any atom is -0.358 e. The largest absolute Gasteiger partial charge is 0.389 e. The van der Waals surface area contributed by atoms with Crippen LogP contribution in [0.25, 0.3) is 0 Å². The highest BCUT2D eigenvalue weighted by atomic mass is 35.5. The molecule has 1 N–H and O–H groups in total. The fourth-order valence-corrected chi connectivity index (χ4v) is 3.06. The third-order valence-corrected chi connectivity index (χ3v) is 4.25. The van der Waals surface area contributed by atoms with Gasteiger partial charge in [-0.3, -0.25) is 4.90 Å². The maximum absolute atomic E-state index is 10.7. The summed E-state index contributed by atoms with van der Waals surface area (Å²) in [6, 6.07) is 9.57. The molecule has 7 nitrogen and oxygen atoms in total. The molecule has 23 heavy (non-hydrogen) atoms. The normalized spacial score (nSPS) is 18.9. The summed E-state index contributed by atoms with van der Waals surface area (Å²) in [6.07, 6.45) is 1.65. The fourth-order valence-electron chi connectivity index (χ4n) is 2.86. The van der Waals surface area contributed by atoms with Crippen molar-refractivity contribution in [2.75, 3.05) is 26.2 Å². The minimum absolute atomic E-state index is 0.114. The summed E-state index contributed by atoms with van der Waals surface area (Å²) in [5, 5.41) is 18.8. The van der Waals surface area contributed by atoms with Crippen molar-refractivity contribution in [3.8, 4) is 0 Å². The van der Waals surface area contributed by atoms with E-state index in [0.717, 1.165) is 31.2 Å². The van der Waals surface area contributed by atoms with Crippen LogP contribution in [-0.2, 0) is 6.54 Å². The number of nitrogens with zero attached hydrogens (tertiary/aromatic N) is 4. The van der Waals surface area contributed by atoms with Gasteiger partial charge in [0.25, 0.3) is 0 Å². The second-order valence-electron chi connectivity index (χ2n) is 5.51. The second-order valence-corrected chi connectivity index (χ2v) is 5.94. The van der Waals surface area contributed by atoms with Crippen molar-refractivity contribution in [2.45, 2.75) is 12.6 Å². The first-order valence-electron chi connectivity index (χ1n) is 7.51. The minimum atomic E-state index is -0.476. The molecule has 0 bridgehead atoms. The molecule has 3 rings (SSSR count). The molecule has 1 aromatic heterocycles. The highest BCUT2D eigenvalue weighted by molar-refractivity contribution is 6.30. The lowest BCUT2D eigenvalue weighted by Gasteiger charge is -2.36. The van der Waals surface area contributed by atoms with E-state index in [1.54, 1.807) is 10.9 Å². The number of benzene rings is 1. The molecule has 2 aromatic rings. The van der Waals surface area contributed by atoms with Crippen LogP contribution >= 0.6 is 11.6 Å². The molecule has 0 saturated carbocycles. The lowest BCUT2D eigenvalue weighted by molar-refractivity contribution is -0.389. The molecule has 1 unspecified atom stereocenters. The Morgan fingerprint density at radius 1 is 1.39 bits per heavy atom. The maximum atomic E-state index is 10.7. The summed E-state index contributed by atoms with van der Waals surface area (Å²) in [6.45, 7) is 4.10. The molecule has 1 saturated heterocycles. The van der Waals surface area contributed by atoms with Gasteiger partial charge in [-0.2, -0.15) is 4.68 Å². The van der Waals surface area contributed by atoms with Gasteiger partial charge in [-0.25, -0.2) is 0 Å². The van der Waals surface area contributed by atoms with Crippen LogP contribution in [0.5, 0.6) is 0 Å². The first-order valence-corrected chi connectivity index (χ1v) is 7.89. The Morgan fingerprint density at radius 3 is 3.00 bits per heavy atom. The van der Waals surface area contributed by atoms with E-state index in [1.807, 2.05) is 18.2 Å². The topological polar surface area (TPSA) is 76.2 Å². The van der Waals surface area contributed by atoms with Gasteiger partial charge in [0.15, 0.2) is 0 Å². The van der Waals surface area contributed by atoms with Crippen molar-refractivity contribution in [3.05, 3.63) is 57.2 Å². The van der Waals surface area contributed by atoms with E-state index in [4.69, 9.17) is 11.6 Å². The van der Waals surface area contributed by atoms with Crippen molar-refractivity contribution in [1.82, 2.24) is 20.0 Å². The maximum Gasteiger partial charge on any atom is 0.389 e. The third-order valence-electron chi connectivity index (χ3n) is 4.02. The molecule has 0 spiro atoms. The van der Waals surface area contributed by atoms with Gasteiger partial charge in [0.05, 0.1) is 23.9 Å². The van der Waals surface area contributed by atoms with E-state index in [-0.39, 0.29) is 11.9 Å². The van der Waals surface area contributed by atoms with Crippen molar-refractivity contribution in [1.29, 1.82) is 0 Å². The summed E-state index contributed by atoms with van der Waals surface area (Å²) in [4.78, 5) is 12.6. The molecular formula is C15H18ClN5O2. The molecule has 0 radical (unpaired) electrons. The Hall–Kier alpha value is -1.96. The molecule has 0 aliphatic carbocycles. The number of piperazine rings is 1. The lowest BCUT2D eigenvalue weighted by Crippen LogP contribution is -2.47. The zero-order valence-corrected chi connectivity index (χ0v) is 13.3. The van der Waals surface area contributed by atoms with E-state index in [0.29, 0.717) is 6.54 Å². The van der Waals surface area contributed by atoms with Crippen molar-refractivity contribution >= 4 is 17.4 Å². The third kappa shape index (κ3) is 3.87. The highest BCUT2D eigenvalue weighted by Crippen LogP contribution is 2.24. The fraction of sp³-hybridized carbons (Fsp3) is 0.400. The van der Waals surface area contributed by atoms with Gasteiger partial charge in [-0.05, 0) is 22.6 Å². The number of aromatic nitrogens is 2. The van der Waals surface area contributed by atoms with Gasteiger partial charge in [0, 0.05) is 37.2 Å². The second kappa shape index (κ2) is 7.08. The van der Waals surface area contributed by atoms with E-state index >= 15 is 0 Å². The van der Waals surface area contributed by atoms with E-state index in [1.165, 1.54) is 11.6 Å². The van der Waals surface area contributed by atoms with Gasteiger partial charge in [-0.15, -0.1) is 0 Å². The Morgan fingerprint density at radius 2 is 2.26 bits per heavy atom. The molecule has 0 amide bonds. The average molecular weight is 336 g/mol. The Bertz CT molecular complexity index is 690. The molecule has 1 fully saturated rings. The number of hydrogen-bond acceptors (Lipinski definition) is 5. The zero-order valence-electron chi connectivity index (χ0n) is 12.6. The first-order chi connectivity index (χ1) is 11.1. The van der Waals surface area contributed by atoms with Gasteiger partial charge < -0.3 is 15.4 Å². The van der Waals surface area contributed by atoms with Crippen LogP contribution in [0.3, 0.4) is 0 Å². The summed E-state index contributed by atoms with van der Waals surface area (Å²) in [5.74, 6) is -0.114. The van der Waals surface area contributed by atoms with Crippen LogP contribution in [0.2, 0.25) is 5.02 Å². The molecule has 1 aromatic carbocycles. The Balaban J connectivity index is 1.67. The van der Waals surface area contributed by atoms with Crippen LogP contribution < -0.4 is 5.32 Å². The molecule has 122 valence electrons. The summed E-state index contributed by atoms with van der Waals surface area (Å²) in [7, 11) is 0. The van der Waals surface area contributed by atoms with E-state index in [9.17, 15) is 10.1 Å². The molecule has 2 heterocycles. The molecule has 1 aliphatic rings. The van der Waals surface area contributed by atoms with Crippen LogP contribution in [0, 0.1) is 10.1 Å². The number of hydrogen-bond donors (Lipinski definition) is 1. The summed E-state index contributed by atoms with van der Waals surface area (Å²) in [5.41, 5.74) is 1.18. The van der Waals surface area contributed by atoms with Crippen molar-refractivity contribution in [3.63, 3.8) is 0 Å². The Labute approximate surface area is 139 Å². The number of nitrogens with one attached hydrogen (secondary N) is 1. The van der Waals surface area contributed by atoms with Gasteiger partial charge >= 0.3 is 5.82 Å². The van der Waals surface area contributed by atoms with Crippen LogP contribution in [-0.4, -0.2) is 45.8 Å².